The van der Waals surface area contributed by atoms with Gasteiger partial charge < -0.3 is 5.32 Å². The van der Waals surface area contributed by atoms with E-state index in [9.17, 15) is 0 Å². The maximum atomic E-state index is 6.12. The van der Waals surface area contributed by atoms with E-state index >= 15 is 0 Å². The van der Waals surface area contributed by atoms with Gasteiger partial charge >= 0.3 is 0 Å². The number of H-pyrrole nitrogens is 1. The predicted molar refractivity (Wildman–Crippen MR) is 102 cm³/mol. The maximum absolute atomic E-state index is 6.12. The Bertz CT molecular complexity index is 1050. The summed E-state index contributed by atoms with van der Waals surface area (Å²) in [6, 6.07) is 15.0. The quantitative estimate of drug-likeness (QED) is 0.508. The van der Waals surface area contributed by atoms with Crippen LogP contribution in [-0.4, -0.2) is 20.2 Å². The number of hydrogen-bond acceptors (Lipinski definition) is 4. The van der Waals surface area contributed by atoms with E-state index in [-0.39, 0.29) is 0 Å². The molecule has 0 amide bonds. The lowest BCUT2D eigenvalue weighted by Gasteiger charge is -2.10. The van der Waals surface area contributed by atoms with Crippen molar-refractivity contribution in [2.45, 2.75) is 6.92 Å². The number of benzene rings is 2. The van der Waals surface area contributed by atoms with Gasteiger partial charge in [-0.2, -0.15) is 5.10 Å². The van der Waals surface area contributed by atoms with Gasteiger partial charge in [-0.05, 0) is 37.3 Å². The molecule has 2 heterocycles. The van der Waals surface area contributed by atoms with E-state index in [4.69, 9.17) is 23.2 Å². The third-order valence-electron chi connectivity index (χ3n) is 3.68. The number of anilines is 2. The Morgan fingerprint density at radius 2 is 1.72 bits per heavy atom. The largest absolute Gasteiger partial charge is 0.325 e. The number of aryl methyl sites for hydroxylation is 1. The maximum Gasteiger partial charge on any atom is 0.162 e. The first-order valence-corrected chi connectivity index (χ1v) is 8.36. The van der Waals surface area contributed by atoms with Crippen LogP contribution in [0.15, 0.2) is 48.5 Å². The second-order valence-electron chi connectivity index (χ2n) is 5.62. The van der Waals surface area contributed by atoms with Crippen molar-refractivity contribution in [2.75, 3.05) is 5.32 Å². The molecule has 25 heavy (non-hydrogen) atoms. The van der Waals surface area contributed by atoms with E-state index in [1.807, 2.05) is 37.3 Å². The Morgan fingerprint density at radius 1 is 0.960 bits per heavy atom. The summed E-state index contributed by atoms with van der Waals surface area (Å²) in [4.78, 5) is 9.31. The molecule has 0 saturated heterocycles. The summed E-state index contributed by atoms with van der Waals surface area (Å²) < 4.78 is 0. The van der Waals surface area contributed by atoms with E-state index in [1.54, 1.807) is 18.2 Å². The number of aromatic amines is 1. The smallest absolute Gasteiger partial charge is 0.162 e. The highest BCUT2D eigenvalue weighted by molar-refractivity contribution is 6.35. The number of nitrogens with one attached hydrogen (secondary N) is 2. The molecule has 2 N–H and O–H groups in total. The second-order valence-corrected chi connectivity index (χ2v) is 6.49. The van der Waals surface area contributed by atoms with Crippen molar-refractivity contribution in [1.29, 1.82) is 0 Å². The van der Waals surface area contributed by atoms with Crippen molar-refractivity contribution < 1.29 is 0 Å². The highest BCUT2D eigenvalue weighted by Crippen LogP contribution is 2.29. The molecule has 0 aliphatic carbocycles. The van der Waals surface area contributed by atoms with E-state index < -0.39 is 0 Å². The summed E-state index contributed by atoms with van der Waals surface area (Å²) in [6.45, 7) is 1.92. The fourth-order valence-corrected chi connectivity index (χ4v) is 3.12. The lowest BCUT2D eigenvalue weighted by atomic mass is 10.2. The third-order valence-corrected chi connectivity index (χ3v) is 4.12. The van der Waals surface area contributed by atoms with Gasteiger partial charge in [0.15, 0.2) is 5.82 Å². The number of halogens is 2. The van der Waals surface area contributed by atoms with Gasteiger partial charge in [-0.15, -0.1) is 0 Å². The molecule has 0 aliphatic rings. The molecule has 0 fully saturated rings. The molecule has 2 aromatic carbocycles. The third kappa shape index (κ3) is 3.29. The lowest BCUT2D eigenvalue weighted by molar-refractivity contribution is 1.05. The molecular weight excluding hydrogens is 357 g/mol. The standard InChI is InChI=1S/C18H13Cl2N5/c1-10-6-16(25-24-10)22-18-14-4-2-3-5-15(14)21-17(23-18)11-7-12(19)9-13(20)8-11/h2-9H,1H3,(H2,21,22,23,24,25). The van der Waals surface area contributed by atoms with Crippen molar-refractivity contribution in [2.24, 2.45) is 0 Å². The number of nitrogens with zero attached hydrogens (tertiary/aromatic N) is 3. The Kier molecular flexibility index (Phi) is 4.03. The van der Waals surface area contributed by atoms with E-state index in [0.29, 0.717) is 21.7 Å². The number of aromatic nitrogens is 4. The monoisotopic (exact) mass is 369 g/mol. The van der Waals surface area contributed by atoms with Crippen molar-refractivity contribution in [3.05, 3.63) is 64.3 Å². The van der Waals surface area contributed by atoms with Crippen molar-refractivity contribution in [1.82, 2.24) is 20.2 Å². The minimum absolute atomic E-state index is 0.540. The zero-order valence-electron chi connectivity index (χ0n) is 13.2. The van der Waals surface area contributed by atoms with Crippen LogP contribution in [-0.2, 0) is 0 Å². The van der Waals surface area contributed by atoms with Crippen LogP contribution in [0.5, 0.6) is 0 Å². The molecular formula is C18H13Cl2N5. The Balaban J connectivity index is 1.88. The first-order valence-electron chi connectivity index (χ1n) is 7.61. The Hall–Kier alpha value is -2.63. The molecule has 124 valence electrons. The van der Waals surface area contributed by atoms with E-state index in [0.717, 1.165) is 28.0 Å². The normalized spacial score (nSPS) is 11.0. The van der Waals surface area contributed by atoms with Crippen LogP contribution >= 0.6 is 23.2 Å². The van der Waals surface area contributed by atoms with Crippen molar-refractivity contribution in [3.8, 4) is 11.4 Å². The first-order chi connectivity index (χ1) is 12.1. The highest BCUT2D eigenvalue weighted by atomic mass is 35.5. The summed E-state index contributed by atoms with van der Waals surface area (Å²) in [5.41, 5.74) is 2.47. The number of hydrogen-bond donors (Lipinski definition) is 2. The van der Waals surface area contributed by atoms with Gasteiger partial charge in [0.1, 0.15) is 11.6 Å². The Morgan fingerprint density at radius 3 is 2.44 bits per heavy atom. The molecule has 0 bridgehead atoms. The SMILES string of the molecule is Cc1cc(Nc2nc(-c3cc(Cl)cc(Cl)c3)nc3ccccc23)[nH]n1. The van der Waals surface area contributed by atoms with Crippen LogP contribution in [0.25, 0.3) is 22.3 Å². The van der Waals surface area contributed by atoms with Gasteiger partial charge in [-0.1, -0.05) is 35.3 Å². The fourth-order valence-electron chi connectivity index (χ4n) is 2.60. The number of para-hydroxylation sites is 1. The molecule has 5 nitrogen and oxygen atoms in total. The topological polar surface area (TPSA) is 66.5 Å². The van der Waals surface area contributed by atoms with E-state index in [2.05, 4.69) is 25.5 Å². The average molecular weight is 370 g/mol. The molecule has 0 radical (unpaired) electrons. The molecule has 7 heteroatoms. The molecule has 0 atom stereocenters. The van der Waals surface area contributed by atoms with Gasteiger partial charge in [0.25, 0.3) is 0 Å². The first kappa shape index (κ1) is 15.9. The summed E-state index contributed by atoms with van der Waals surface area (Å²) in [6.07, 6.45) is 0. The molecule has 0 spiro atoms. The molecule has 0 aliphatic heterocycles. The molecule has 4 rings (SSSR count). The number of rotatable bonds is 3. The van der Waals surface area contributed by atoms with Crippen LogP contribution < -0.4 is 5.32 Å². The Labute approximate surface area is 154 Å². The average Bonchev–Trinajstić information content (AvgIpc) is 2.99. The summed E-state index contributed by atoms with van der Waals surface area (Å²) in [5.74, 6) is 1.98. The second kappa shape index (κ2) is 6.35. The van der Waals surface area contributed by atoms with Gasteiger partial charge in [0, 0.05) is 27.1 Å². The van der Waals surface area contributed by atoms with Crippen molar-refractivity contribution >= 4 is 45.7 Å². The molecule has 0 unspecified atom stereocenters. The van der Waals surface area contributed by atoms with Crippen LogP contribution in [0.4, 0.5) is 11.6 Å². The van der Waals surface area contributed by atoms with Crippen LogP contribution in [0.2, 0.25) is 10.0 Å². The van der Waals surface area contributed by atoms with Crippen molar-refractivity contribution in [3.63, 3.8) is 0 Å². The minimum atomic E-state index is 0.540. The van der Waals surface area contributed by atoms with Gasteiger partial charge in [0.05, 0.1) is 11.2 Å². The predicted octanol–water partition coefficient (Wildman–Crippen LogP) is 5.38. The summed E-state index contributed by atoms with van der Waals surface area (Å²) in [7, 11) is 0. The molecule has 2 aromatic heterocycles. The highest BCUT2D eigenvalue weighted by Gasteiger charge is 2.11. The van der Waals surface area contributed by atoms with E-state index in [1.165, 1.54) is 0 Å². The zero-order valence-corrected chi connectivity index (χ0v) is 14.7. The molecule has 4 aromatic rings. The summed E-state index contributed by atoms with van der Waals surface area (Å²) in [5, 5.41) is 12.3. The zero-order chi connectivity index (χ0) is 17.4. The van der Waals surface area contributed by atoms with Gasteiger partial charge in [0.2, 0.25) is 0 Å². The summed E-state index contributed by atoms with van der Waals surface area (Å²) >= 11 is 12.2. The van der Waals surface area contributed by atoms with Crippen LogP contribution in [0.1, 0.15) is 5.69 Å². The van der Waals surface area contributed by atoms with Gasteiger partial charge in [-0.3, -0.25) is 5.10 Å². The lowest BCUT2D eigenvalue weighted by Crippen LogP contribution is -1.99. The fraction of sp³-hybridized carbons (Fsp3) is 0.0556. The number of fused-ring (bicyclic) bond motifs is 1. The minimum Gasteiger partial charge on any atom is -0.325 e. The van der Waals surface area contributed by atoms with Gasteiger partial charge in [-0.25, -0.2) is 9.97 Å². The van der Waals surface area contributed by atoms with Crippen LogP contribution in [0, 0.1) is 6.92 Å². The molecule has 0 saturated carbocycles. The van der Waals surface area contributed by atoms with Crippen LogP contribution in [0.3, 0.4) is 0 Å².